The van der Waals surface area contributed by atoms with Crippen molar-refractivity contribution in [1.82, 2.24) is 9.88 Å². The largest absolute Gasteiger partial charge is 0.383 e. The minimum absolute atomic E-state index is 0.208. The summed E-state index contributed by atoms with van der Waals surface area (Å²) in [5.41, 5.74) is 2.85. The molecule has 1 heterocycles. The highest BCUT2D eigenvalue weighted by atomic mass is 16.5. The third-order valence-electron chi connectivity index (χ3n) is 3.44. The normalized spacial score (nSPS) is 15.3. The van der Waals surface area contributed by atoms with E-state index in [1.54, 1.807) is 7.11 Å². The number of aryl methyl sites for hydroxylation is 2. The Bertz CT molecular complexity index is 421. The number of nitrogens with zero attached hydrogens (tertiary/aromatic N) is 1. The fraction of sp³-hybridized carbons (Fsp3) is 0.643. The van der Waals surface area contributed by atoms with Gasteiger partial charge in [-0.25, -0.2) is 0 Å². The molecule has 1 aromatic heterocycles. The second kappa shape index (κ2) is 5.67. The number of ketones is 1. The molecule has 0 bridgehead atoms. The van der Waals surface area contributed by atoms with E-state index in [2.05, 4.69) is 9.88 Å². The van der Waals surface area contributed by atoms with Gasteiger partial charge in [0.15, 0.2) is 5.78 Å². The molecule has 1 aliphatic carbocycles. The SMILES string of the molecule is COCCN(CC(=O)c1cc(C)[nH]c1C)C1CC1. The van der Waals surface area contributed by atoms with E-state index in [-0.39, 0.29) is 5.78 Å². The Kier molecular flexibility index (Phi) is 4.19. The Labute approximate surface area is 108 Å². The van der Waals surface area contributed by atoms with E-state index >= 15 is 0 Å². The summed E-state index contributed by atoms with van der Waals surface area (Å²) in [4.78, 5) is 17.7. The Morgan fingerprint density at radius 3 is 2.72 bits per heavy atom. The minimum atomic E-state index is 0.208. The van der Waals surface area contributed by atoms with E-state index in [1.165, 1.54) is 12.8 Å². The Morgan fingerprint density at radius 2 is 2.22 bits per heavy atom. The zero-order valence-corrected chi connectivity index (χ0v) is 11.5. The number of ether oxygens (including phenoxy) is 1. The van der Waals surface area contributed by atoms with Crippen LogP contribution in [0.15, 0.2) is 6.07 Å². The van der Waals surface area contributed by atoms with Gasteiger partial charge in [-0.1, -0.05) is 0 Å². The predicted octanol–water partition coefficient (Wildman–Crippen LogP) is 1.93. The van der Waals surface area contributed by atoms with Gasteiger partial charge in [0.1, 0.15) is 0 Å². The lowest BCUT2D eigenvalue weighted by Gasteiger charge is -2.20. The van der Waals surface area contributed by atoms with Crippen molar-refractivity contribution in [3.8, 4) is 0 Å². The molecule has 1 fully saturated rings. The monoisotopic (exact) mass is 250 g/mol. The number of carbonyl (C=O) groups excluding carboxylic acids is 1. The van der Waals surface area contributed by atoms with E-state index in [4.69, 9.17) is 4.74 Å². The summed E-state index contributed by atoms with van der Waals surface area (Å²) < 4.78 is 5.11. The molecule has 18 heavy (non-hydrogen) atoms. The first-order valence-electron chi connectivity index (χ1n) is 6.54. The van der Waals surface area contributed by atoms with Crippen LogP contribution >= 0.6 is 0 Å². The maximum atomic E-state index is 12.3. The first-order valence-corrected chi connectivity index (χ1v) is 6.54. The zero-order chi connectivity index (χ0) is 13.1. The average molecular weight is 250 g/mol. The van der Waals surface area contributed by atoms with E-state index in [0.717, 1.165) is 23.5 Å². The van der Waals surface area contributed by atoms with Crippen LogP contribution in [0.2, 0.25) is 0 Å². The Morgan fingerprint density at radius 1 is 1.50 bits per heavy atom. The molecular weight excluding hydrogens is 228 g/mol. The molecule has 0 spiro atoms. The number of carbonyl (C=O) groups is 1. The molecule has 1 N–H and O–H groups in total. The lowest BCUT2D eigenvalue weighted by atomic mass is 10.1. The van der Waals surface area contributed by atoms with E-state index in [0.29, 0.717) is 19.2 Å². The fourth-order valence-electron chi connectivity index (χ4n) is 2.32. The first kappa shape index (κ1) is 13.3. The van der Waals surface area contributed by atoms with E-state index in [1.807, 2.05) is 19.9 Å². The molecule has 1 saturated carbocycles. The van der Waals surface area contributed by atoms with Crippen molar-refractivity contribution in [3.63, 3.8) is 0 Å². The molecule has 0 unspecified atom stereocenters. The molecule has 0 aliphatic heterocycles. The second-order valence-electron chi connectivity index (χ2n) is 5.11. The van der Waals surface area contributed by atoms with Gasteiger partial charge < -0.3 is 9.72 Å². The van der Waals surface area contributed by atoms with Crippen LogP contribution in [0.5, 0.6) is 0 Å². The number of rotatable bonds is 7. The number of aromatic amines is 1. The molecule has 1 aliphatic rings. The number of aromatic nitrogens is 1. The van der Waals surface area contributed by atoms with Gasteiger partial charge in [-0.3, -0.25) is 9.69 Å². The molecule has 0 saturated heterocycles. The van der Waals surface area contributed by atoms with Crippen molar-refractivity contribution in [2.24, 2.45) is 0 Å². The summed E-state index contributed by atoms with van der Waals surface area (Å²) in [5.74, 6) is 0.208. The number of hydrogen-bond acceptors (Lipinski definition) is 3. The van der Waals surface area contributed by atoms with Crippen LogP contribution in [0.4, 0.5) is 0 Å². The first-order chi connectivity index (χ1) is 8.61. The van der Waals surface area contributed by atoms with Crippen LogP contribution in [0.25, 0.3) is 0 Å². The Hall–Kier alpha value is -1.13. The maximum Gasteiger partial charge on any atom is 0.178 e. The highest BCUT2D eigenvalue weighted by molar-refractivity contribution is 5.98. The van der Waals surface area contributed by atoms with Gasteiger partial charge in [0.25, 0.3) is 0 Å². The third-order valence-corrected chi connectivity index (χ3v) is 3.44. The van der Waals surface area contributed by atoms with Crippen molar-refractivity contribution >= 4 is 5.78 Å². The molecule has 0 aromatic carbocycles. The predicted molar refractivity (Wildman–Crippen MR) is 71.1 cm³/mol. The molecule has 4 heteroatoms. The summed E-state index contributed by atoms with van der Waals surface area (Å²) in [6.45, 7) is 5.97. The highest BCUT2D eigenvalue weighted by Crippen LogP contribution is 2.26. The standard InChI is InChI=1S/C14H22N2O2/c1-10-8-13(11(2)15-10)14(17)9-16(6-7-18-3)12-4-5-12/h8,12,15H,4-7,9H2,1-3H3. The number of H-pyrrole nitrogens is 1. The lowest BCUT2D eigenvalue weighted by molar-refractivity contribution is 0.0885. The van der Waals surface area contributed by atoms with Gasteiger partial charge in [0.2, 0.25) is 0 Å². The molecule has 0 amide bonds. The van der Waals surface area contributed by atoms with Crippen molar-refractivity contribution in [3.05, 3.63) is 23.0 Å². The van der Waals surface area contributed by atoms with Gasteiger partial charge >= 0.3 is 0 Å². The molecule has 0 radical (unpaired) electrons. The van der Waals surface area contributed by atoms with Crippen LogP contribution in [0.3, 0.4) is 0 Å². The third kappa shape index (κ3) is 3.21. The van der Waals surface area contributed by atoms with Crippen LogP contribution in [0, 0.1) is 13.8 Å². The molecule has 2 rings (SSSR count). The van der Waals surface area contributed by atoms with Crippen molar-refractivity contribution in [2.45, 2.75) is 32.7 Å². The minimum Gasteiger partial charge on any atom is -0.383 e. The number of Topliss-reactive ketones (excluding diaryl/α,β-unsaturated/α-hetero) is 1. The molecule has 100 valence electrons. The van der Waals surface area contributed by atoms with Gasteiger partial charge in [-0.05, 0) is 32.8 Å². The van der Waals surface area contributed by atoms with Crippen LogP contribution < -0.4 is 0 Å². The molecule has 4 nitrogen and oxygen atoms in total. The van der Waals surface area contributed by atoms with Gasteiger partial charge in [0.05, 0.1) is 13.2 Å². The van der Waals surface area contributed by atoms with Gasteiger partial charge in [0, 0.05) is 36.6 Å². The van der Waals surface area contributed by atoms with E-state index < -0.39 is 0 Å². The van der Waals surface area contributed by atoms with E-state index in [9.17, 15) is 4.79 Å². The number of hydrogen-bond donors (Lipinski definition) is 1. The van der Waals surface area contributed by atoms with Crippen LogP contribution in [-0.4, -0.2) is 48.5 Å². The van der Waals surface area contributed by atoms with Crippen molar-refractivity contribution < 1.29 is 9.53 Å². The lowest BCUT2D eigenvalue weighted by Crippen LogP contribution is -2.34. The van der Waals surface area contributed by atoms with Crippen LogP contribution in [-0.2, 0) is 4.74 Å². The average Bonchev–Trinajstić information content (AvgIpc) is 3.10. The van der Waals surface area contributed by atoms with Gasteiger partial charge in [-0.2, -0.15) is 0 Å². The maximum absolute atomic E-state index is 12.3. The number of methoxy groups -OCH3 is 1. The fourth-order valence-corrected chi connectivity index (χ4v) is 2.32. The molecular formula is C14H22N2O2. The van der Waals surface area contributed by atoms with Gasteiger partial charge in [-0.15, -0.1) is 0 Å². The Balaban J connectivity index is 1.98. The zero-order valence-electron chi connectivity index (χ0n) is 11.5. The summed E-state index contributed by atoms with van der Waals surface area (Å²) in [5, 5.41) is 0. The van der Waals surface area contributed by atoms with Crippen molar-refractivity contribution in [1.29, 1.82) is 0 Å². The highest BCUT2D eigenvalue weighted by Gasteiger charge is 2.30. The summed E-state index contributed by atoms with van der Waals surface area (Å²) in [6.07, 6.45) is 2.42. The smallest absolute Gasteiger partial charge is 0.178 e. The topological polar surface area (TPSA) is 45.3 Å². The van der Waals surface area contributed by atoms with Crippen molar-refractivity contribution in [2.75, 3.05) is 26.8 Å². The summed E-state index contributed by atoms with van der Waals surface area (Å²) in [6, 6.07) is 2.53. The summed E-state index contributed by atoms with van der Waals surface area (Å²) in [7, 11) is 1.70. The quantitative estimate of drug-likeness (QED) is 0.752. The molecule has 0 atom stereocenters. The summed E-state index contributed by atoms with van der Waals surface area (Å²) >= 11 is 0. The second-order valence-corrected chi connectivity index (χ2v) is 5.11. The number of nitrogens with one attached hydrogen (secondary N) is 1. The molecule has 1 aromatic rings. The van der Waals surface area contributed by atoms with Crippen LogP contribution in [0.1, 0.15) is 34.6 Å².